The Hall–Kier alpha value is -2.79. The van der Waals surface area contributed by atoms with Gasteiger partial charge < -0.3 is 10.1 Å². The number of ether oxygens (including phenoxy) is 1. The van der Waals surface area contributed by atoms with Crippen molar-refractivity contribution < 1.29 is 13.5 Å². The van der Waals surface area contributed by atoms with Crippen molar-refractivity contribution in [2.75, 3.05) is 0 Å². The fourth-order valence-electron chi connectivity index (χ4n) is 2.26. The van der Waals surface area contributed by atoms with E-state index in [9.17, 15) is 8.78 Å². The van der Waals surface area contributed by atoms with Crippen molar-refractivity contribution in [2.24, 2.45) is 0 Å². The Kier molecular flexibility index (Phi) is 5.13. The molecule has 0 spiro atoms. The Labute approximate surface area is 138 Å². The summed E-state index contributed by atoms with van der Waals surface area (Å²) in [5, 5.41) is 3.15. The maximum Gasteiger partial charge on any atom is 0.223 e. The molecule has 0 radical (unpaired) electrons. The van der Waals surface area contributed by atoms with Gasteiger partial charge in [0.05, 0.1) is 0 Å². The lowest BCUT2D eigenvalue weighted by molar-refractivity contribution is 0.420. The summed E-state index contributed by atoms with van der Waals surface area (Å²) < 4.78 is 32.9. The number of nitrogens with zero attached hydrogens (tertiary/aromatic N) is 1. The predicted octanol–water partition coefficient (Wildman–Crippen LogP) is 4.44. The van der Waals surface area contributed by atoms with Gasteiger partial charge in [-0.2, -0.15) is 0 Å². The van der Waals surface area contributed by atoms with Gasteiger partial charge in [0.15, 0.2) is 11.6 Å². The lowest BCUT2D eigenvalue weighted by Gasteiger charge is -2.11. The Morgan fingerprint density at radius 3 is 2.25 bits per heavy atom. The fraction of sp³-hybridized carbons (Fsp3) is 0.105. The van der Waals surface area contributed by atoms with Crippen LogP contribution in [0.2, 0.25) is 0 Å². The zero-order chi connectivity index (χ0) is 16.8. The maximum absolute atomic E-state index is 13.7. The zero-order valence-corrected chi connectivity index (χ0v) is 12.9. The number of pyridine rings is 1. The summed E-state index contributed by atoms with van der Waals surface area (Å²) in [7, 11) is 0. The average Bonchev–Trinajstić information content (AvgIpc) is 2.60. The van der Waals surface area contributed by atoms with Crippen LogP contribution in [0.3, 0.4) is 0 Å². The Morgan fingerprint density at radius 1 is 0.792 bits per heavy atom. The van der Waals surface area contributed by atoms with E-state index in [1.165, 1.54) is 12.1 Å². The Balaban J connectivity index is 1.68. The van der Waals surface area contributed by atoms with Gasteiger partial charge in [0, 0.05) is 30.4 Å². The molecule has 1 aromatic heterocycles. The second kappa shape index (κ2) is 7.66. The number of para-hydroxylation sites is 1. The molecule has 3 aromatic rings. The summed E-state index contributed by atoms with van der Waals surface area (Å²) in [5.74, 6) is -0.261. The summed E-state index contributed by atoms with van der Waals surface area (Å²) in [6, 6.07) is 16.4. The van der Waals surface area contributed by atoms with E-state index in [4.69, 9.17) is 4.74 Å². The van der Waals surface area contributed by atoms with Crippen molar-refractivity contribution in [3.05, 3.63) is 89.6 Å². The molecule has 5 heteroatoms. The highest BCUT2D eigenvalue weighted by atomic mass is 19.1. The summed E-state index contributed by atoms with van der Waals surface area (Å²) in [6.07, 6.45) is 1.58. The molecule has 0 amide bonds. The largest absolute Gasteiger partial charge is 0.436 e. The van der Waals surface area contributed by atoms with E-state index in [0.29, 0.717) is 24.5 Å². The number of hydrogen-bond donors (Lipinski definition) is 1. The quantitative estimate of drug-likeness (QED) is 0.727. The first kappa shape index (κ1) is 16.1. The van der Waals surface area contributed by atoms with Gasteiger partial charge in [-0.15, -0.1) is 0 Å². The summed E-state index contributed by atoms with van der Waals surface area (Å²) >= 11 is 0. The fourth-order valence-corrected chi connectivity index (χ4v) is 2.26. The normalized spacial score (nSPS) is 10.6. The third-order valence-corrected chi connectivity index (χ3v) is 3.48. The third kappa shape index (κ3) is 3.94. The van der Waals surface area contributed by atoms with E-state index < -0.39 is 5.82 Å². The highest BCUT2D eigenvalue weighted by Gasteiger charge is 2.09. The molecule has 0 aliphatic rings. The Bertz CT molecular complexity index is 824. The molecule has 0 atom stereocenters. The molecular formula is C19H16F2N2O. The van der Waals surface area contributed by atoms with Crippen molar-refractivity contribution in [3.8, 4) is 11.6 Å². The molecule has 0 unspecified atom stereocenters. The molecule has 0 aliphatic heterocycles. The molecule has 3 nitrogen and oxygen atoms in total. The second-order valence-corrected chi connectivity index (χ2v) is 5.20. The predicted molar refractivity (Wildman–Crippen MR) is 87.7 cm³/mol. The summed E-state index contributed by atoms with van der Waals surface area (Å²) in [5.41, 5.74) is 1.34. The van der Waals surface area contributed by atoms with E-state index in [1.54, 1.807) is 48.7 Å². The minimum atomic E-state index is -0.451. The smallest absolute Gasteiger partial charge is 0.223 e. The lowest BCUT2D eigenvalue weighted by atomic mass is 10.2. The van der Waals surface area contributed by atoms with E-state index in [2.05, 4.69) is 10.3 Å². The minimum absolute atomic E-state index is 0.117. The van der Waals surface area contributed by atoms with Gasteiger partial charge in [0.25, 0.3) is 0 Å². The van der Waals surface area contributed by atoms with E-state index in [-0.39, 0.29) is 11.6 Å². The van der Waals surface area contributed by atoms with Gasteiger partial charge in [-0.25, -0.2) is 13.8 Å². The first-order valence-electron chi connectivity index (χ1n) is 7.54. The van der Waals surface area contributed by atoms with Gasteiger partial charge in [-0.3, -0.25) is 0 Å². The molecular weight excluding hydrogens is 310 g/mol. The van der Waals surface area contributed by atoms with Crippen LogP contribution in [0.5, 0.6) is 11.6 Å². The van der Waals surface area contributed by atoms with Crippen LogP contribution in [-0.2, 0) is 13.1 Å². The van der Waals surface area contributed by atoms with Gasteiger partial charge >= 0.3 is 0 Å². The molecule has 2 aromatic carbocycles. The molecule has 0 bridgehead atoms. The van der Waals surface area contributed by atoms with E-state index in [0.717, 1.165) is 5.56 Å². The molecule has 0 fully saturated rings. The van der Waals surface area contributed by atoms with Crippen LogP contribution in [0.25, 0.3) is 0 Å². The SMILES string of the molecule is Fc1ccccc1CNCc1cccnc1Oc1ccccc1F. The minimum Gasteiger partial charge on any atom is -0.436 e. The molecule has 1 heterocycles. The first-order valence-corrected chi connectivity index (χ1v) is 7.54. The van der Waals surface area contributed by atoms with E-state index >= 15 is 0 Å². The molecule has 0 saturated carbocycles. The second-order valence-electron chi connectivity index (χ2n) is 5.20. The summed E-state index contributed by atoms with van der Waals surface area (Å²) in [4.78, 5) is 4.16. The number of halogens is 2. The molecule has 1 N–H and O–H groups in total. The van der Waals surface area contributed by atoms with Gasteiger partial charge in [0.2, 0.25) is 5.88 Å². The first-order chi connectivity index (χ1) is 11.7. The van der Waals surface area contributed by atoms with Crippen LogP contribution < -0.4 is 10.1 Å². The van der Waals surface area contributed by atoms with Crippen molar-refractivity contribution in [2.45, 2.75) is 13.1 Å². The van der Waals surface area contributed by atoms with Crippen molar-refractivity contribution in [1.82, 2.24) is 10.3 Å². The highest BCUT2D eigenvalue weighted by Crippen LogP contribution is 2.25. The van der Waals surface area contributed by atoms with Crippen LogP contribution in [0.1, 0.15) is 11.1 Å². The van der Waals surface area contributed by atoms with Crippen LogP contribution in [-0.4, -0.2) is 4.98 Å². The Morgan fingerprint density at radius 2 is 1.46 bits per heavy atom. The van der Waals surface area contributed by atoms with Crippen LogP contribution >= 0.6 is 0 Å². The van der Waals surface area contributed by atoms with Crippen LogP contribution in [0, 0.1) is 11.6 Å². The average molecular weight is 326 g/mol. The van der Waals surface area contributed by atoms with Crippen LogP contribution in [0.15, 0.2) is 66.9 Å². The highest BCUT2D eigenvalue weighted by molar-refractivity contribution is 5.33. The van der Waals surface area contributed by atoms with Crippen molar-refractivity contribution in [3.63, 3.8) is 0 Å². The van der Waals surface area contributed by atoms with Gasteiger partial charge in [-0.1, -0.05) is 36.4 Å². The molecule has 24 heavy (non-hydrogen) atoms. The topological polar surface area (TPSA) is 34.2 Å². The number of hydrogen-bond acceptors (Lipinski definition) is 3. The van der Waals surface area contributed by atoms with Gasteiger partial charge in [0.1, 0.15) is 5.82 Å². The summed E-state index contributed by atoms with van der Waals surface area (Å²) in [6.45, 7) is 0.798. The van der Waals surface area contributed by atoms with Gasteiger partial charge in [-0.05, 0) is 24.3 Å². The molecule has 3 rings (SSSR count). The third-order valence-electron chi connectivity index (χ3n) is 3.48. The standard InChI is InChI=1S/C19H16F2N2O/c20-16-8-2-1-6-14(16)12-22-13-15-7-5-11-23-19(15)24-18-10-4-3-9-17(18)21/h1-11,22H,12-13H2. The molecule has 0 aliphatic carbocycles. The number of benzene rings is 2. The van der Waals surface area contributed by atoms with E-state index in [1.807, 2.05) is 6.07 Å². The van der Waals surface area contributed by atoms with Crippen molar-refractivity contribution >= 4 is 0 Å². The lowest BCUT2D eigenvalue weighted by Crippen LogP contribution is -2.14. The van der Waals surface area contributed by atoms with Crippen molar-refractivity contribution in [1.29, 1.82) is 0 Å². The number of nitrogens with one attached hydrogen (secondary N) is 1. The molecule has 122 valence electrons. The maximum atomic E-state index is 13.7. The number of rotatable bonds is 6. The van der Waals surface area contributed by atoms with Crippen LogP contribution in [0.4, 0.5) is 8.78 Å². The number of aromatic nitrogens is 1. The zero-order valence-electron chi connectivity index (χ0n) is 12.9. The monoisotopic (exact) mass is 326 g/mol. The molecule has 0 saturated heterocycles.